The molecule has 9 heteroatoms. The van der Waals surface area contributed by atoms with Gasteiger partial charge in [-0.25, -0.2) is 4.98 Å². The van der Waals surface area contributed by atoms with Crippen LogP contribution < -0.4 is 19.1 Å². The fourth-order valence-corrected chi connectivity index (χ4v) is 5.60. The number of fused-ring (bicyclic) bond motifs is 2. The SMILES string of the molecule is CCOc1ccc2nc(N3C(=O)C(=O)C(=C(O)c4ccc5c(c4)OCCO5)[C@H]3c3ccccc3)sc2c1. The average Bonchev–Trinajstić information content (AvgIpc) is 3.46. The van der Waals surface area contributed by atoms with Crippen LogP contribution in [-0.4, -0.2) is 41.6 Å². The number of rotatable bonds is 5. The summed E-state index contributed by atoms with van der Waals surface area (Å²) in [6.07, 6.45) is 0. The van der Waals surface area contributed by atoms with Crippen LogP contribution in [0.15, 0.2) is 72.3 Å². The molecule has 2 aliphatic heterocycles. The second-order valence-electron chi connectivity index (χ2n) is 8.50. The maximum absolute atomic E-state index is 13.4. The fraction of sp³-hybridized carbons (Fsp3) is 0.179. The third-order valence-corrected chi connectivity index (χ3v) is 7.26. The molecule has 0 saturated carbocycles. The molecule has 0 bridgehead atoms. The summed E-state index contributed by atoms with van der Waals surface area (Å²) in [6, 6.07) is 18.7. The van der Waals surface area contributed by atoms with Gasteiger partial charge in [0.05, 0.1) is 28.4 Å². The molecular weight excluding hydrogens is 492 g/mol. The third-order valence-electron chi connectivity index (χ3n) is 6.24. The largest absolute Gasteiger partial charge is 0.507 e. The van der Waals surface area contributed by atoms with Gasteiger partial charge >= 0.3 is 5.91 Å². The maximum Gasteiger partial charge on any atom is 0.301 e. The summed E-state index contributed by atoms with van der Waals surface area (Å²) in [5.74, 6) is -0.0924. The van der Waals surface area contributed by atoms with E-state index in [-0.39, 0.29) is 11.3 Å². The molecule has 3 heterocycles. The molecule has 1 atom stereocenters. The molecule has 0 radical (unpaired) electrons. The van der Waals surface area contributed by atoms with E-state index in [2.05, 4.69) is 4.98 Å². The lowest BCUT2D eigenvalue weighted by atomic mass is 9.95. The van der Waals surface area contributed by atoms with Crippen molar-refractivity contribution in [1.82, 2.24) is 4.98 Å². The summed E-state index contributed by atoms with van der Waals surface area (Å²) in [7, 11) is 0. The van der Waals surface area contributed by atoms with Crippen LogP contribution >= 0.6 is 11.3 Å². The van der Waals surface area contributed by atoms with Crippen molar-refractivity contribution in [3.8, 4) is 17.2 Å². The van der Waals surface area contributed by atoms with Gasteiger partial charge in [0.1, 0.15) is 24.7 Å². The maximum atomic E-state index is 13.4. The fourth-order valence-electron chi connectivity index (χ4n) is 4.58. The van der Waals surface area contributed by atoms with Gasteiger partial charge in [0, 0.05) is 5.56 Å². The Bertz CT molecular complexity index is 1560. The van der Waals surface area contributed by atoms with Crippen molar-refractivity contribution in [3.63, 3.8) is 0 Å². The lowest BCUT2D eigenvalue weighted by Gasteiger charge is -2.23. The first-order chi connectivity index (χ1) is 18.0. The van der Waals surface area contributed by atoms with Gasteiger partial charge in [0.15, 0.2) is 16.6 Å². The van der Waals surface area contributed by atoms with Crippen molar-refractivity contribution in [3.05, 3.63) is 83.4 Å². The molecule has 6 rings (SSSR count). The summed E-state index contributed by atoms with van der Waals surface area (Å²) >= 11 is 1.29. The number of nitrogens with zero attached hydrogens (tertiary/aromatic N) is 2. The van der Waals surface area contributed by atoms with E-state index in [0.29, 0.717) is 58.8 Å². The van der Waals surface area contributed by atoms with Crippen molar-refractivity contribution >= 4 is 44.1 Å². The van der Waals surface area contributed by atoms with Crippen LogP contribution in [0.3, 0.4) is 0 Å². The van der Waals surface area contributed by atoms with Crippen LogP contribution in [0.4, 0.5) is 5.13 Å². The Morgan fingerprint density at radius 1 is 1.05 bits per heavy atom. The topological polar surface area (TPSA) is 98.2 Å². The first-order valence-electron chi connectivity index (χ1n) is 11.8. The van der Waals surface area contributed by atoms with Crippen LogP contribution in [-0.2, 0) is 9.59 Å². The second-order valence-corrected chi connectivity index (χ2v) is 9.51. The van der Waals surface area contributed by atoms with Crippen LogP contribution in [0.1, 0.15) is 24.1 Å². The van der Waals surface area contributed by atoms with Gasteiger partial charge in [0.2, 0.25) is 0 Å². The quantitative estimate of drug-likeness (QED) is 0.225. The Morgan fingerprint density at radius 3 is 2.62 bits per heavy atom. The Balaban J connectivity index is 1.50. The average molecular weight is 515 g/mol. The van der Waals surface area contributed by atoms with Gasteiger partial charge in [-0.15, -0.1) is 0 Å². The minimum Gasteiger partial charge on any atom is -0.507 e. The molecule has 0 aliphatic carbocycles. The van der Waals surface area contributed by atoms with E-state index in [1.54, 1.807) is 18.2 Å². The highest BCUT2D eigenvalue weighted by Crippen LogP contribution is 2.45. The van der Waals surface area contributed by atoms with Gasteiger partial charge in [-0.05, 0) is 48.9 Å². The Morgan fingerprint density at radius 2 is 1.84 bits per heavy atom. The number of aliphatic hydroxyl groups is 1. The van der Waals surface area contributed by atoms with Gasteiger partial charge in [-0.1, -0.05) is 41.7 Å². The van der Waals surface area contributed by atoms with E-state index in [4.69, 9.17) is 14.2 Å². The number of carbonyl (C=O) groups is 2. The Kier molecular flexibility index (Phi) is 5.77. The molecule has 1 saturated heterocycles. The van der Waals surface area contributed by atoms with E-state index in [0.717, 1.165) is 4.70 Å². The molecule has 1 N–H and O–H groups in total. The number of anilines is 1. The van der Waals surface area contributed by atoms with Crippen molar-refractivity contribution in [1.29, 1.82) is 0 Å². The molecule has 186 valence electrons. The van der Waals surface area contributed by atoms with Crippen LogP contribution in [0.2, 0.25) is 0 Å². The van der Waals surface area contributed by atoms with Gasteiger partial charge < -0.3 is 19.3 Å². The van der Waals surface area contributed by atoms with Crippen LogP contribution in [0.25, 0.3) is 16.0 Å². The van der Waals surface area contributed by atoms with E-state index < -0.39 is 17.7 Å². The number of ether oxygens (including phenoxy) is 3. The minimum atomic E-state index is -0.860. The molecule has 2 aliphatic rings. The van der Waals surface area contributed by atoms with E-state index >= 15 is 0 Å². The first-order valence-corrected chi connectivity index (χ1v) is 12.7. The number of hydrogen-bond acceptors (Lipinski definition) is 8. The molecule has 0 spiro atoms. The predicted molar refractivity (Wildman–Crippen MR) is 139 cm³/mol. The molecule has 0 unspecified atom stereocenters. The van der Waals surface area contributed by atoms with Crippen LogP contribution in [0, 0.1) is 0 Å². The molecule has 1 aromatic heterocycles. The Hall–Kier alpha value is -4.37. The smallest absolute Gasteiger partial charge is 0.301 e. The minimum absolute atomic E-state index is 0.0119. The summed E-state index contributed by atoms with van der Waals surface area (Å²) in [6.45, 7) is 3.25. The number of aliphatic hydroxyl groups excluding tert-OH is 1. The van der Waals surface area contributed by atoms with Gasteiger partial charge in [-0.3, -0.25) is 14.5 Å². The lowest BCUT2D eigenvalue weighted by Crippen LogP contribution is -2.29. The van der Waals surface area contributed by atoms with Crippen molar-refractivity contribution in [2.45, 2.75) is 13.0 Å². The summed E-state index contributed by atoms with van der Waals surface area (Å²) in [4.78, 5) is 32.9. The number of hydrogen-bond donors (Lipinski definition) is 1. The standard InChI is InChI=1S/C28H22N2O6S/c1-2-34-18-9-10-19-22(15-18)37-28(29-19)30-24(16-6-4-3-5-7-16)23(26(32)27(30)33)25(31)17-8-11-20-21(14-17)36-13-12-35-20/h3-11,14-15,24,31H,2,12-13H2,1H3/t24-/m1/s1. The normalized spacial score (nSPS) is 18.4. The highest BCUT2D eigenvalue weighted by Gasteiger charge is 2.48. The highest BCUT2D eigenvalue weighted by molar-refractivity contribution is 7.22. The molecular formula is C28H22N2O6S. The van der Waals surface area contributed by atoms with E-state index in [9.17, 15) is 14.7 Å². The summed E-state index contributed by atoms with van der Waals surface area (Å²) in [5, 5.41) is 11.8. The van der Waals surface area contributed by atoms with Crippen LogP contribution in [0.5, 0.6) is 17.2 Å². The lowest BCUT2D eigenvalue weighted by molar-refractivity contribution is -0.132. The Labute approximate surface area is 216 Å². The highest BCUT2D eigenvalue weighted by atomic mass is 32.1. The number of amides is 1. The van der Waals surface area contributed by atoms with E-state index in [1.165, 1.54) is 16.2 Å². The molecule has 3 aromatic carbocycles. The number of carbonyl (C=O) groups excluding carboxylic acids is 2. The number of ketones is 1. The summed E-state index contributed by atoms with van der Waals surface area (Å²) < 4.78 is 17.6. The zero-order chi connectivity index (χ0) is 25.5. The van der Waals surface area contributed by atoms with E-state index in [1.807, 2.05) is 55.5 Å². The van der Waals surface area contributed by atoms with Gasteiger partial charge in [0.25, 0.3) is 5.78 Å². The molecule has 8 nitrogen and oxygen atoms in total. The second kappa shape index (κ2) is 9.25. The zero-order valence-electron chi connectivity index (χ0n) is 19.8. The molecule has 1 amide bonds. The number of aromatic nitrogens is 1. The first kappa shape index (κ1) is 23.1. The molecule has 37 heavy (non-hydrogen) atoms. The van der Waals surface area contributed by atoms with Gasteiger partial charge in [-0.2, -0.15) is 0 Å². The predicted octanol–water partition coefficient (Wildman–Crippen LogP) is 5.09. The number of Topliss-reactive ketones (excluding diaryl/α,β-unsaturated/α-hetero) is 1. The summed E-state index contributed by atoms with van der Waals surface area (Å²) in [5.41, 5.74) is 1.70. The van der Waals surface area contributed by atoms with Crippen molar-refractivity contribution in [2.75, 3.05) is 24.7 Å². The zero-order valence-corrected chi connectivity index (χ0v) is 20.7. The molecule has 4 aromatic rings. The van der Waals surface area contributed by atoms with Crippen molar-refractivity contribution in [2.24, 2.45) is 0 Å². The monoisotopic (exact) mass is 514 g/mol. The van der Waals surface area contributed by atoms with Crippen molar-refractivity contribution < 1.29 is 28.9 Å². The number of benzene rings is 3. The number of thiazole rings is 1. The third kappa shape index (κ3) is 3.97. The molecule has 1 fully saturated rings.